The van der Waals surface area contributed by atoms with Crippen molar-refractivity contribution in [2.45, 2.75) is 26.0 Å². The number of rotatable bonds is 7. The van der Waals surface area contributed by atoms with E-state index in [1.165, 1.54) is 0 Å². The second kappa shape index (κ2) is 8.04. The van der Waals surface area contributed by atoms with E-state index >= 15 is 0 Å². The lowest BCUT2D eigenvalue weighted by molar-refractivity contribution is -0.115. The number of amides is 1. The van der Waals surface area contributed by atoms with Crippen molar-refractivity contribution in [3.05, 3.63) is 18.2 Å². The van der Waals surface area contributed by atoms with E-state index in [0.717, 1.165) is 5.75 Å². The van der Waals surface area contributed by atoms with Crippen LogP contribution in [0.25, 0.3) is 0 Å². The van der Waals surface area contributed by atoms with E-state index in [1.54, 1.807) is 44.2 Å². The monoisotopic (exact) mass is 297 g/mol. The molecular formula is C15H23NO3S. The van der Waals surface area contributed by atoms with Crippen LogP contribution in [0.4, 0.5) is 5.69 Å². The SMILES string of the molecule is COc1ccc(OC)c(NC(=O)C(C)SCC(C)C)c1. The van der Waals surface area contributed by atoms with Crippen molar-refractivity contribution in [1.29, 1.82) is 0 Å². The van der Waals surface area contributed by atoms with Crippen molar-refractivity contribution in [2.24, 2.45) is 5.92 Å². The summed E-state index contributed by atoms with van der Waals surface area (Å²) in [4.78, 5) is 12.2. The standard InChI is InChI=1S/C15H23NO3S/c1-10(2)9-20-11(3)15(17)16-13-8-12(18-4)6-7-14(13)19-5/h6-8,10-11H,9H2,1-5H3,(H,16,17). The van der Waals surface area contributed by atoms with Crippen LogP contribution in [-0.4, -0.2) is 31.1 Å². The molecule has 1 N–H and O–H groups in total. The van der Waals surface area contributed by atoms with Gasteiger partial charge >= 0.3 is 0 Å². The van der Waals surface area contributed by atoms with Crippen molar-refractivity contribution in [3.8, 4) is 11.5 Å². The molecule has 112 valence electrons. The highest BCUT2D eigenvalue weighted by Gasteiger charge is 2.16. The molecule has 0 bridgehead atoms. The van der Waals surface area contributed by atoms with E-state index in [4.69, 9.17) is 9.47 Å². The van der Waals surface area contributed by atoms with Gasteiger partial charge in [-0.05, 0) is 30.7 Å². The summed E-state index contributed by atoms with van der Waals surface area (Å²) in [5, 5.41) is 2.79. The number of thioether (sulfide) groups is 1. The maximum Gasteiger partial charge on any atom is 0.237 e. The number of anilines is 1. The number of carbonyl (C=O) groups is 1. The third-order valence-electron chi connectivity index (χ3n) is 2.71. The fourth-order valence-corrected chi connectivity index (χ4v) is 2.44. The summed E-state index contributed by atoms with van der Waals surface area (Å²) in [5.41, 5.74) is 0.633. The Balaban J connectivity index is 2.73. The predicted octanol–water partition coefficient (Wildman–Crippen LogP) is 3.42. The van der Waals surface area contributed by atoms with Gasteiger partial charge in [-0.25, -0.2) is 0 Å². The quantitative estimate of drug-likeness (QED) is 0.837. The highest BCUT2D eigenvalue weighted by Crippen LogP contribution is 2.29. The van der Waals surface area contributed by atoms with E-state index < -0.39 is 0 Å². The zero-order chi connectivity index (χ0) is 15.1. The normalized spacial score (nSPS) is 12.1. The minimum Gasteiger partial charge on any atom is -0.497 e. The number of hydrogen-bond donors (Lipinski definition) is 1. The molecule has 0 saturated carbocycles. The second-order valence-electron chi connectivity index (χ2n) is 4.92. The first-order chi connectivity index (χ1) is 9.47. The smallest absolute Gasteiger partial charge is 0.237 e. The Bertz CT molecular complexity index is 449. The Morgan fingerprint density at radius 3 is 2.50 bits per heavy atom. The van der Waals surface area contributed by atoms with Gasteiger partial charge in [0.2, 0.25) is 5.91 Å². The van der Waals surface area contributed by atoms with Gasteiger partial charge < -0.3 is 14.8 Å². The summed E-state index contributed by atoms with van der Waals surface area (Å²) in [7, 11) is 3.17. The molecule has 1 amide bonds. The number of carbonyl (C=O) groups excluding carboxylic acids is 1. The summed E-state index contributed by atoms with van der Waals surface area (Å²) in [6.07, 6.45) is 0. The number of nitrogens with one attached hydrogen (secondary N) is 1. The highest BCUT2D eigenvalue weighted by atomic mass is 32.2. The predicted molar refractivity (Wildman–Crippen MR) is 84.9 cm³/mol. The molecular weight excluding hydrogens is 274 g/mol. The molecule has 0 fully saturated rings. The summed E-state index contributed by atoms with van der Waals surface area (Å²) >= 11 is 1.65. The van der Waals surface area contributed by atoms with Gasteiger partial charge in [-0.3, -0.25) is 4.79 Å². The zero-order valence-corrected chi connectivity index (χ0v) is 13.5. The van der Waals surface area contributed by atoms with Crippen molar-refractivity contribution in [3.63, 3.8) is 0 Å². The molecule has 0 heterocycles. The second-order valence-corrected chi connectivity index (χ2v) is 6.30. The van der Waals surface area contributed by atoms with Crippen LogP contribution >= 0.6 is 11.8 Å². The minimum absolute atomic E-state index is 0.0257. The third kappa shape index (κ3) is 4.96. The fraction of sp³-hybridized carbons (Fsp3) is 0.533. The van der Waals surface area contributed by atoms with Crippen molar-refractivity contribution >= 4 is 23.4 Å². The molecule has 5 heteroatoms. The van der Waals surface area contributed by atoms with Crippen molar-refractivity contribution in [2.75, 3.05) is 25.3 Å². The molecule has 0 spiro atoms. The summed E-state index contributed by atoms with van der Waals surface area (Å²) in [5.74, 6) is 2.82. The van der Waals surface area contributed by atoms with Crippen LogP contribution in [-0.2, 0) is 4.79 Å². The van der Waals surface area contributed by atoms with E-state index in [-0.39, 0.29) is 11.2 Å². The molecule has 1 rings (SSSR count). The average molecular weight is 297 g/mol. The van der Waals surface area contributed by atoms with E-state index in [2.05, 4.69) is 19.2 Å². The van der Waals surface area contributed by atoms with E-state index in [9.17, 15) is 4.79 Å². The highest BCUT2D eigenvalue weighted by molar-refractivity contribution is 8.00. The summed E-state index contributed by atoms with van der Waals surface area (Å²) < 4.78 is 10.4. The molecule has 0 saturated heterocycles. The van der Waals surface area contributed by atoms with E-state index in [0.29, 0.717) is 23.1 Å². The molecule has 0 aliphatic heterocycles. The number of hydrogen-bond acceptors (Lipinski definition) is 4. The van der Waals surface area contributed by atoms with Crippen molar-refractivity contribution in [1.82, 2.24) is 0 Å². The van der Waals surface area contributed by atoms with E-state index in [1.807, 2.05) is 6.92 Å². The minimum atomic E-state index is -0.103. The first kappa shape index (κ1) is 16.7. The summed E-state index contributed by atoms with van der Waals surface area (Å²) in [6.45, 7) is 6.19. The average Bonchev–Trinajstić information content (AvgIpc) is 2.44. The molecule has 0 aliphatic rings. The van der Waals surface area contributed by atoms with Gasteiger partial charge in [0.05, 0.1) is 25.2 Å². The lowest BCUT2D eigenvalue weighted by Gasteiger charge is -2.15. The fourth-order valence-electron chi connectivity index (χ4n) is 1.56. The molecule has 1 unspecified atom stereocenters. The van der Waals surface area contributed by atoms with Crippen LogP contribution < -0.4 is 14.8 Å². The first-order valence-corrected chi connectivity index (χ1v) is 7.67. The van der Waals surface area contributed by atoms with Gasteiger partial charge in [0, 0.05) is 6.07 Å². The number of methoxy groups -OCH3 is 2. The third-order valence-corrected chi connectivity index (χ3v) is 4.29. The maximum atomic E-state index is 12.2. The summed E-state index contributed by atoms with van der Waals surface area (Å²) in [6, 6.07) is 5.34. The molecule has 1 aromatic carbocycles. The van der Waals surface area contributed by atoms with Crippen LogP contribution in [0.15, 0.2) is 18.2 Å². The Labute approximate surface area is 125 Å². The van der Waals surface area contributed by atoms with Crippen LogP contribution in [0.3, 0.4) is 0 Å². The lowest BCUT2D eigenvalue weighted by Crippen LogP contribution is -2.23. The number of ether oxygens (including phenoxy) is 2. The Morgan fingerprint density at radius 2 is 1.95 bits per heavy atom. The van der Waals surface area contributed by atoms with Crippen molar-refractivity contribution < 1.29 is 14.3 Å². The molecule has 1 aromatic rings. The molecule has 0 aromatic heterocycles. The maximum absolute atomic E-state index is 12.2. The van der Waals surface area contributed by atoms with Gasteiger partial charge in [-0.15, -0.1) is 11.8 Å². The lowest BCUT2D eigenvalue weighted by atomic mass is 10.2. The van der Waals surface area contributed by atoms with Gasteiger partial charge in [0.25, 0.3) is 0 Å². The Kier molecular flexibility index (Phi) is 6.71. The Morgan fingerprint density at radius 1 is 1.25 bits per heavy atom. The van der Waals surface area contributed by atoms with Gasteiger partial charge in [0.1, 0.15) is 11.5 Å². The molecule has 4 nitrogen and oxygen atoms in total. The molecule has 0 aliphatic carbocycles. The number of benzene rings is 1. The molecule has 1 atom stereocenters. The largest absolute Gasteiger partial charge is 0.497 e. The zero-order valence-electron chi connectivity index (χ0n) is 12.7. The van der Waals surface area contributed by atoms with Gasteiger partial charge in [0.15, 0.2) is 0 Å². The first-order valence-electron chi connectivity index (χ1n) is 6.62. The topological polar surface area (TPSA) is 47.6 Å². The molecule has 20 heavy (non-hydrogen) atoms. The van der Waals surface area contributed by atoms with Crippen LogP contribution in [0, 0.1) is 5.92 Å². The van der Waals surface area contributed by atoms with Crippen LogP contribution in [0.2, 0.25) is 0 Å². The van der Waals surface area contributed by atoms with Crippen LogP contribution in [0.5, 0.6) is 11.5 Å². The van der Waals surface area contributed by atoms with Gasteiger partial charge in [-0.2, -0.15) is 0 Å². The molecule has 0 radical (unpaired) electrons. The van der Waals surface area contributed by atoms with Crippen LogP contribution in [0.1, 0.15) is 20.8 Å². The Hall–Kier alpha value is -1.36. The van der Waals surface area contributed by atoms with Gasteiger partial charge in [-0.1, -0.05) is 13.8 Å².